The van der Waals surface area contributed by atoms with Gasteiger partial charge in [0.2, 0.25) is 0 Å². The van der Waals surface area contributed by atoms with Crippen LogP contribution in [0.5, 0.6) is 0 Å². The lowest BCUT2D eigenvalue weighted by atomic mass is 9.88. The zero-order valence-corrected chi connectivity index (χ0v) is 40.2. The molecule has 0 fully saturated rings. The first-order chi connectivity index (χ1) is 37.8. The molecule has 0 aliphatic rings. The van der Waals surface area contributed by atoms with Crippen molar-refractivity contribution in [1.29, 1.82) is 26.3 Å². The van der Waals surface area contributed by atoms with Gasteiger partial charge < -0.3 is 4.57 Å². The predicted octanol–water partition coefficient (Wildman–Crippen LogP) is 15.6. The van der Waals surface area contributed by atoms with Gasteiger partial charge in [-0.25, -0.2) is 29.5 Å². The van der Waals surface area contributed by atoms with E-state index in [1.54, 1.807) is 60.7 Å². The highest BCUT2D eigenvalue weighted by Gasteiger charge is 2.27. The number of benzene rings is 9. The van der Waals surface area contributed by atoms with Crippen LogP contribution in [0.1, 0.15) is 27.8 Å². The third-order valence-corrected chi connectivity index (χ3v) is 13.3. The van der Waals surface area contributed by atoms with E-state index in [2.05, 4.69) is 49.4 Å². The fourth-order valence-electron chi connectivity index (χ4n) is 9.71. The zero-order valence-electron chi connectivity index (χ0n) is 40.2. The Kier molecular flexibility index (Phi) is 12.1. The van der Waals surface area contributed by atoms with Crippen molar-refractivity contribution >= 4 is 38.9 Å². The van der Waals surface area contributed by atoms with E-state index in [-0.39, 0.29) is 33.9 Å². The molecule has 0 spiro atoms. The van der Waals surface area contributed by atoms with Gasteiger partial charge in [-0.2, -0.15) is 26.3 Å². The summed E-state index contributed by atoms with van der Waals surface area (Å²) in [6.45, 7) is 23.6. The molecule has 0 saturated heterocycles. The van der Waals surface area contributed by atoms with Crippen LogP contribution in [0.4, 0.5) is 17.1 Å². The Labute approximate surface area is 441 Å². The quantitative estimate of drug-likeness (QED) is 0.135. The standard InChI is InChI=1S/C65H30N12/c1-71-49-18-22-51(47(28-49)37-69)43-16-24-60-55(30-43)56-31-44(54-21-15-40(35-67)27-59(54)73-3)17-25-61(56)77(60)62-57(52-20-14-39(34-66)26-46(52)36-68)32-45(33-58(62)53-23-19-50(72-2)29-48(53)38-70)65-75-63(41-10-6-4-7-11-41)74-64(76-65)42-12-8-5-9-13-42/h4-33H. The smallest absolute Gasteiger partial charge is 0.196 e. The van der Waals surface area contributed by atoms with Crippen LogP contribution in [0.15, 0.2) is 182 Å². The van der Waals surface area contributed by atoms with Crippen molar-refractivity contribution in [2.75, 3.05) is 0 Å². The predicted molar refractivity (Wildman–Crippen MR) is 295 cm³/mol. The van der Waals surface area contributed by atoms with Gasteiger partial charge in [-0.3, -0.25) is 0 Å². The van der Waals surface area contributed by atoms with Crippen molar-refractivity contribution in [3.63, 3.8) is 0 Å². The molecule has 9 aromatic carbocycles. The number of rotatable bonds is 8. The summed E-state index contributed by atoms with van der Waals surface area (Å²) in [5.74, 6) is 1.08. The highest BCUT2D eigenvalue weighted by atomic mass is 15.0. The van der Waals surface area contributed by atoms with Gasteiger partial charge in [0.1, 0.15) is 0 Å². The van der Waals surface area contributed by atoms with Crippen LogP contribution >= 0.6 is 0 Å². The summed E-state index contributed by atoms with van der Waals surface area (Å²) in [7, 11) is 0. The highest BCUT2D eigenvalue weighted by molar-refractivity contribution is 6.13. The normalized spacial score (nSPS) is 10.5. The summed E-state index contributed by atoms with van der Waals surface area (Å²) in [6.07, 6.45) is 0. The Morgan fingerprint density at radius 3 is 1.29 bits per heavy atom. The fourth-order valence-corrected chi connectivity index (χ4v) is 9.71. The molecule has 0 amide bonds. The summed E-state index contributed by atoms with van der Waals surface area (Å²) in [5.41, 5.74) is 10.4. The van der Waals surface area contributed by atoms with Gasteiger partial charge in [-0.1, -0.05) is 109 Å². The lowest BCUT2D eigenvalue weighted by Gasteiger charge is -2.22. The number of fused-ring (bicyclic) bond motifs is 3. The second-order valence-corrected chi connectivity index (χ2v) is 17.6. The van der Waals surface area contributed by atoms with Gasteiger partial charge in [0, 0.05) is 60.8 Å². The second-order valence-electron chi connectivity index (χ2n) is 17.6. The molecule has 0 aliphatic carbocycles. The lowest BCUT2D eigenvalue weighted by Crippen LogP contribution is -2.05. The molecule has 0 radical (unpaired) electrons. The van der Waals surface area contributed by atoms with Crippen LogP contribution in [-0.4, -0.2) is 19.5 Å². The fraction of sp³-hybridized carbons (Fsp3) is 0. The zero-order chi connectivity index (χ0) is 53.2. The maximum atomic E-state index is 11.0. The van der Waals surface area contributed by atoms with Gasteiger partial charge in [0.15, 0.2) is 34.5 Å². The third-order valence-electron chi connectivity index (χ3n) is 13.3. The molecule has 11 aromatic rings. The summed E-state index contributed by atoms with van der Waals surface area (Å²) in [4.78, 5) is 26.2. The minimum absolute atomic E-state index is 0.188. The molecule has 11 rings (SSSR count). The molecule has 0 unspecified atom stereocenters. The Morgan fingerprint density at radius 1 is 0.351 bits per heavy atom. The number of nitriles is 5. The van der Waals surface area contributed by atoms with Crippen LogP contribution in [-0.2, 0) is 0 Å². The first kappa shape index (κ1) is 47.1. The average Bonchev–Trinajstić information content (AvgIpc) is 3.90. The Bertz CT molecular complexity index is 4380. The molecule has 77 heavy (non-hydrogen) atoms. The topological polar surface area (TPSA) is 176 Å². The number of hydrogen-bond acceptors (Lipinski definition) is 8. The van der Waals surface area contributed by atoms with E-state index in [9.17, 15) is 26.3 Å². The van der Waals surface area contributed by atoms with Crippen molar-refractivity contribution in [3.8, 4) is 115 Å². The molecule has 0 aliphatic heterocycles. The monoisotopic (exact) mass is 978 g/mol. The van der Waals surface area contributed by atoms with E-state index in [1.807, 2.05) is 109 Å². The van der Waals surface area contributed by atoms with Gasteiger partial charge in [0.05, 0.1) is 77.9 Å². The molecule has 2 aromatic heterocycles. The van der Waals surface area contributed by atoms with Crippen LogP contribution in [0.3, 0.4) is 0 Å². The van der Waals surface area contributed by atoms with Crippen LogP contribution in [0.2, 0.25) is 0 Å². The van der Waals surface area contributed by atoms with Gasteiger partial charge in [-0.05, 0) is 101 Å². The van der Waals surface area contributed by atoms with Gasteiger partial charge >= 0.3 is 0 Å². The minimum atomic E-state index is 0.188. The average molecular weight is 979 g/mol. The molecule has 12 heteroatoms. The summed E-state index contributed by atoms with van der Waals surface area (Å²) < 4.78 is 2.05. The molecule has 0 bridgehead atoms. The van der Waals surface area contributed by atoms with E-state index < -0.39 is 0 Å². The van der Waals surface area contributed by atoms with E-state index in [4.69, 9.17) is 34.7 Å². The van der Waals surface area contributed by atoms with Crippen LogP contribution in [0, 0.1) is 76.4 Å². The van der Waals surface area contributed by atoms with Crippen molar-refractivity contribution in [2.24, 2.45) is 0 Å². The molecule has 350 valence electrons. The maximum Gasteiger partial charge on any atom is 0.196 e. The number of nitrogens with zero attached hydrogens (tertiary/aromatic N) is 12. The van der Waals surface area contributed by atoms with Crippen molar-refractivity contribution < 1.29 is 0 Å². The minimum Gasteiger partial charge on any atom is -0.308 e. The van der Waals surface area contributed by atoms with E-state index >= 15 is 0 Å². The van der Waals surface area contributed by atoms with Crippen molar-refractivity contribution in [1.82, 2.24) is 19.5 Å². The van der Waals surface area contributed by atoms with Crippen molar-refractivity contribution in [3.05, 3.63) is 244 Å². The molecule has 0 N–H and O–H groups in total. The Balaban J connectivity index is 1.31. The number of hydrogen-bond donors (Lipinski definition) is 0. The van der Waals surface area contributed by atoms with Gasteiger partial charge in [0.25, 0.3) is 0 Å². The second kappa shape index (κ2) is 19.7. The lowest BCUT2D eigenvalue weighted by molar-refractivity contribution is 1.07. The van der Waals surface area contributed by atoms with Crippen LogP contribution in [0.25, 0.3) is 121 Å². The summed E-state index contributed by atoms with van der Waals surface area (Å²) in [6, 6.07) is 65.5. The molecule has 0 atom stereocenters. The summed E-state index contributed by atoms with van der Waals surface area (Å²) in [5, 5.41) is 53.6. The van der Waals surface area contributed by atoms with Gasteiger partial charge in [-0.15, -0.1) is 0 Å². The largest absolute Gasteiger partial charge is 0.308 e. The molecule has 12 nitrogen and oxygen atoms in total. The molecular weight excluding hydrogens is 949 g/mol. The Morgan fingerprint density at radius 2 is 0.792 bits per heavy atom. The number of aromatic nitrogens is 4. The van der Waals surface area contributed by atoms with Crippen molar-refractivity contribution in [2.45, 2.75) is 0 Å². The SMILES string of the molecule is [C-]#[N+]c1ccc(-c2ccc3c(c2)c2cc(-c4ccc(C#N)cc4[N+]#[C-])ccc2n3-c2c(-c3ccc(C#N)cc3C#N)cc(-c3nc(-c4ccccc4)nc(-c4ccccc4)n3)cc2-c2ccc([N+]#[C-])cc2C#N)c(C#N)c1. The van der Waals surface area contributed by atoms with E-state index in [1.165, 1.54) is 12.1 Å². The first-order valence-corrected chi connectivity index (χ1v) is 23.6. The molecule has 2 heterocycles. The molecular formula is C65H30N12. The summed E-state index contributed by atoms with van der Waals surface area (Å²) >= 11 is 0. The third kappa shape index (κ3) is 8.42. The van der Waals surface area contributed by atoms with E-state index in [0.717, 1.165) is 21.9 Å². The Hall–Kier alpha value is -12.3. The highest BCUT2D eigenvalue weighted by Crippen LogP contribution is 2.47. The first-order valence-electron chi connectivity index (χ1n) is 23.6. The van der Waals surface area contributed by atoms with Crippen LogP contribution < -0.4 is 0 Å². The molecule has 0 saturated carbocycles. The van der Waals surface area contributed by atoms with E-state index in [0.29, 0.717) is 95.3 Å². The maximum absolute atomic E-state index is 11.0.